The Morgan fingerprint density at radius 1 is 1.14 bits per heavy atom. The number of hydrogen-bond acceptors (Lipinski definition) is 7. The summed E-state index contributed by atoms with van der Waals surface area (Å²) in [5, 5.41) is 5.44. The minimum Gasteiger partial charge on any atom is -0.468 e. The molecule has 2 rings (SSSR count). The van der Waals surface area contributed by atoms with Gasteiger partial charge < -0.3 is 14.8 Å². The van der Waals surface area contributed by atoms with Crippen LogP contribution < -0.4 is 10.4 Å². The van der Waals surface area contributed by atoms with Gasteiger partial charge >= 0.3 is 18.0 Å². The maximum atomic E-state index is 12.6. The molecule has 2 aromatic rings. The molecule has 0 saturated carbocycles. The lowest BCUT2D eigenvalue weighted by molar-refractivity contribution is -0.145. The average molecular weight is 420 g/mol. The molecule has 2 N–H and O–H groups in total. The molecular formula is C19H25N4O5P. The number of carbonyl (C=O) groups excluding carboxylic acids is 3. The third kappa shape index (κ3) is 6.66. The summed E-state index contributed by atoms with van der Waals surface area (Å²) in [7, 11) is 3.55. The van der Waals surface area contributed by atoms with Gasteiger partial charge in [-0.1, -0.05) is 39.7 Å². The van der Waals surface area contributed by atoms with Crippen molar-refractivity contribution in [1.82, 2.24) is 20.0 Å². The van der Waals surface area contributed by atoms with Crippen molar-refractivity contribution in [3.63, 3.8) is 0 Å². The molecule has 3 atom stereocenters. The number of aromatic nitrogens is 2. The molecule has 9 nitrogen and oxygen atoms in total. The number of hydrogen-bond donors (Lipinski definition) is 2. The molecule has 1 amide bonds. The molecule has 1 aromatic heterocycles. The minimum atomic E-state index is -0.841. The summed E-state index contributed by atoms with van der Waals surface area (Å²) in [4.78, 5) is 40.7. The van der Waals surface area contributed by atoms with Crippen molar-refractivity contribution in [2.45, 2.75) is 31.8 Å². The zero-order valence-corrected chi connectivity index (χ0v) is 17.5. The number of esters is 2. The van der Waals surface area contributed by atoms with Gasteiger partial charge in [0.15, 0.2) is 0 Å². The zero-order chi connectivity index (χ0) is 21.2. The van der Waals surface area contributed by atoms with E-state index in [0.29, 0.717) is 12.1 Å². The van der Waals surface area contributed by atoms with Crippen LogP contribution in [0.4, 0.5) is 4.79 Å². The molecule has 0 aliphatic rings. The van der Waals surface area contributed by atoms with Crippen LogP contribution in [0, 0.1) is 0 Å². The number of nitrogens with zero attached hydrogens (tertiary/aromatic N) is 2. The van der Waals surface area contributed by atoms with E-state index < -0.39 is 30.1 Å². The fourth-order valence-corrected chi connectivity index (χ4v) is 2.91. The van der Waals surface area contributed by atoms with Crippen LogP contribution in [-0.2, 0) is 31.9 Å². The van der Waals surface area contributed by atoms with E-state index in [1.165, 1.54) is 24.2 Å². The highest BCUT2D eigenvalue weighted by Crippen LogP contribution is 2.07. The van der Waals surface area contributed by atoms with Crippen LogP contribution in [0.1, 0.15) is 18.2 Å². The second kappa shape index (κ2) is 11.3. The van der Waals surface area contributed by atoms with Crippen LogP contribution in [-0.4, -0.2) is 53.3 Å². The fraction of sp³-hybridized carbons (Fsp3) is 0.368. The fourth-order valence-electron chi connectivity index (χ4n) is 2.65. The lowest BCUT2D eigenvalue weighted by atomic mass is 10.1. The second-order valence-corrected chi connectivity index (χ2v) is 6.50. The Bertz CT molecular complexity index is 827. The van der Waals surface area contributed by atoms with Crippen molar-refractivity contribution in [2.24, 2.45) is 0 Å². The number of nitrogens with one attached hydrogen (secondary N) is 2. The number of ether oxygens (including phenoxy) is 2. The number of methoxy groups -OCH3 is 1. The maximum Gasteiger partial charge on any atom is 0.329 e. The third-order valence-corrected chi connectivity index (χ3v) is 4.52. The number of amides is 1. The summed E-state index contributed by atoms with van der Waals surface area (Å²) in [6.45, 7) is 1.92. The quantitative estimate of drug-likeness (QED) is 0.461. The molecule has 156 valence electrons. The largest absolute Gasteiger partial charge is 0.468 e. The van der Waals surface area contributed by atoms with Crippen molar-refractivity contribution >= 4 is 27.4 Å². The predicted octanol–water partition coefficient (Wildman–Crippen LogP) is 1.08. The zero-order valence-electron chi connectivity index (χ0n) is 16.3. The molecular weight excluding hydrogens is 395 g/mol. The maximum absolute atomic E-state index is 12.6. The molecule has 0 bridgehead atoms. The number of benzene rings is 1. The molecule has 1 aromatic carbocycles. The molecule has 1 heterocycles. The average Bonchev–Trinajstić information content (AvgIpc) is 3.20. The first-order valence-corrected chi connectivity index (χ1v) is 9.64. The van der Waals surface area contributed by atoms with E-state index in [0.717, 1.165) is 5.56 Å². The standard InChI is InChI=1S/C19H25N4O5P/c1-3-28-18(25)15(9-13-7-5-4-6-8-13)21-19(26)23-11-14(20-12-23)10-16(22-29)17(24)27-2/h4-8,11-12,15-16,22H,3,9-10,29H2,1-2H3,(H,21,26)/t15-,16+/m1/s1. The summed E-state index contributed by atoms with van der Waals surface area (Å²) < 4.78 is 11.0. The Labute approximate surface area is 171 Å². The van der Waals surface area contributed by atoms with Crippen molar-refractivity contribution in [2.75, 3.05) is 13.7 Å². The first-order chi connectivity index (χ1) is 14.0. The first kappa shape index (κ1) is 22.5. The third-order valence-electron chi connectivity index (χ3n) is 4.12. The topological polar surface area (TPSA) is 112 Å². The highest BCUT2D eigenvalue weighted by Gasteiger charge is 2.24. The van der Waals surface area contributed by atoms with Crippen LogP contribution in [0.2, 0.25) is 0 Å². The Morgan fingerprint density at radius 2 is 1.86 bits per heavy atom. The molecule has 0 spiro atoms. The molecule has 0 radical (unpaired) electrons. The van der Waals surface area contributed by atoms with Gasteiger partial charge in [-0.05, 0) is 12.5 Å². The predicted molar refractivity (Wildman–Crippen MR) is 109 cm³/mol. The van der Waals surface area contributed by atoms with E-state index in [4.69, 9.17) is 9.47 Å². The van der Waals surface area contributed by atoms with Gasteiger partial charge in [-0.15, -0.1) is 0 Å². The lowest BCUT2D eigenvalue weighted by Gasteiger charge is -2.17. The normalized spacial score (nSPS) is 12.7. The van der Waals surface area contributed by atoms with Gasteiger partial charge in [-0.25, -0.2) is 14.6 Å². The van der Waals surface area contributed by atoms with E-state index in [2.05, 4.69) is 24.8 Å². The summed E-state index contributed by atoms with van der Waals surface area (Å²) in [6.07, 6.45) is 3.36. The van der Waals surface area contributed by atoms with E-state index in [1.807, 2.05) is 30.3 Å². The van der Waals surface area contributed by atoms with Gasteiger partial charge in [0.25, 0.3) is 0 Å². The first-order valence-electron chi connectivity index (χ1n) is 9.06. The van der Waals surface area contributed by atoms with Gasteiger partial charge in [0.05, 0.1) is 19.4 Å². The van der Waals surface area contributed by atoms with Crippen molar-refractivity contribution in [3.05, 3.63) is 54.1 Å². The Kier molecular flexibility index (Phi) is 8.76. The summed E-state index contributed by atoms with van der Waals surface area (Å²) in [5.74, 6) is -0.952. The number of rotatable bonds is 9. The van der Waals surface area contributed by atoms with Gasteiger partial charge in [0, 0.05) is 19.0 Å². The van der Waals surface area contributed by atoms with E-state index >= 15 is 0 Å². The van der Waals surface area contributed by atoms with Crippen molar-refractivity contribution in [1.29, 1.82) is 0 Å². The van der Waals surface area contributed by atoms with Crippen LogP contribution in [0.5, 0.6) is 0 Å². The van der Waals surface area contributed by atoms with Crippen LogP contribution in [0.3, 0.4) is 0 Å². The molecule has 0 aliphatic heterocycles. The highest BCUT2D eigenvalue weighted by atomic mass is 31.0. The van der Waals surface area contributed by atoms with E-state index in [1.54, 1.807) is 6.92 Å². The van der Waals surface area contributed by atoms with Gasteiger partial charge in [-0.2, -0.15) is 0 Å². The molecule has 0 aliphatic carbocycles. The molecule has 0 saturated heterocycles. The lowest BCUT2D eigenvalue weighted by Crippen LogP contribution is -2.44. The summed E-state index contributed by atoms with van der Waals surface area (Å²) in [5.41, 5.74) is 1.41. The van der Waals surface area contributed by atoms with Gasteiger partial charge in [0.2, 0.25) is 0 Å². The second-order valence-electron chi connectivity index (χ2n) is 6.16. The Morgan fingerprint density at radius 3 is 2.48 bits per heavy atom. The van der Waals surface area contributed by atoms with Crippen LogP contribution >= 0.6 is 9.39 Å². The van der Waals surface area contributed by atoms with Crippen molar-refractivity contribution < 1.29 is 23.9 Å². The summed E-state index contributed by atoms with van der Waals surface area (Å²) >= 11 is 0. The van der Waals surface area contributed by atoms with E-state index in [-0.39, 0.29) is 13.0 Å². The SMILES string of the molecule is CCOC(=O)[C@@H](Cc1ccccc1)NC(=O)n1cnc(C[C@H](NP)C(=O)OC)c1. The monoisotopic (exact) mass is 420 g/mol. The highest BCUT2D eigenvalue weighted by molar-refractivity contribution is 7.13. The molecule has 0 fully saturated rings. The minimum absolute atomic E-state index is 0.214. The molecule has 1 unspecified atom stereocenters. The smallest absolute Gasteiger partial charge is 0.329 e. The van der Waals surface area contributed by atoms with Crippen LogP contribution in [0.25, 0.3) is 0 Å². The van der Waals surface area contributed by atoms with E-state index in [9.17, 15) is 14.4 Å². The number of carbonyl (C=O) groups is 3. The molecule has 10 heteroatoms. The number of imidazole rings is 1. The molecule has 29 heavy (non-hydrogen) atoms. The Balaban J connectivity index is 2.07. The van der Waals surface area contributed by atoms with Gasteiger partial charge in [-0.3, -0.25) is 14.4 Å². The summed E-state index contributed by atoms with van der Waals surface area (Å²) in [6, 6.07) is 7.37. The Hall–Kier alpha value is -2.77. The van der Waals surface area contributed by atoms with Crippen molar-refractivity contribution in [3.8, 4) is 0 Å². The van der Waals surface area contributed by atoms with Crippen LogP contribution in [0.15, 0.2) is 42.9 Å². The van der Waals surface area contributed by atoms with Gasteiger partial charge in [0.1, 0.15) is 18.4 Å².